The molecule has 0 radical (unpaired) electrons. The summed E-state index contributed by atoms with van der Waals surface area (Å²) in [5.41, 5.74) is 0.885. The molecule has 186 valence electrons. The Morgan fingerprint density at radius 1 is 1.14 bits per heavy atom. The number of thioether (sulfide) groups is 1. The van der Waals surface area contributed by atoms with Crippen LogP contribution in [0.1, 0.15) is 43.0 Å². The third-order valence-electron chi connectivity index (χ3n) is 5.18. The second kappa shape index (κ2) is 12.3. The highest BCUT2D eigenvalue weighted by molar-refractivity contribution is 7.99. The highest BCUT2D eigenvalue weighted by Crippen LogP contribution is 2.29. The van der Waals surface area contributed by atoms with Gasteiger partial charge < -0.3 is 19.9 Å². The first-order valence-corrected chi connectivity index (χ1v) is 12.7. The Hall–Kier alpha value is -2.75. The van der Waals surface area contributed by atoms with E-state index >= 15 is 0 Å². The topological polar surface area (TPSA) is 98.1 Å². The molecule has 1 heterocycles. The Morgan fingerprint density at radius 3 is 2.54 bits per heavy atom. The molecule has 0 aliphatic carbocycles. The van der Waals surface area contributed by atoms with Gasteiger partial charge in [-0.25, -0.2) is 0 Å². The number of hydrogen-bond donors (Lipinski definition) is 2. The summed E-state index contributed by atoms with van der Waals surface area (Å²) in [5.74, 6) is 0.737. The molecule has 11 heteroatoms. The number of aromatic nitrogens is 3. The van der Waals surface area contributed by atoms with Crippen LogP contribution in [0.15, 0.2) is 47.6 Å². The lowest BCUT2D eigenvalue weighted by Crippen LogP contribution is -2.34. The number of hydrogen-bond acceptors (Lipinski definition) is 6. The number of methoxy groups -OCH3 is 1. The number of benzene rings is 2. The highest BCUT2D eigenvalue weighted by atomic mass is 35.5. The molecule has 2 N–H and O–H groups in total. The van der Waals surface area contributed by atoms with Crippen molar-refractivity contribution in [3.63, 3.8) is 0 Å². The van der Waals surface area contributed by atoms with Gasteiger partial charge in [-0.05, 0) is 43.2 Å². The van der Waals surface area contributed by atoms with Gasteiger partial charge in [-0.3, -0.25) is 9.59 Å². The van der Waals surface area contributed by atoms with Crippen molar-refractivity contribution in [2.24, 2.45) is 5.92 Å². The molecular weight excluding hydrogens is 509 g/mol. The molecule has 2 aromatic carbocycles. The van der Waals surface area contributed by atoms with Crippen molar-refractivity contribution in [3.8, 4) is 5.75 Å². The zero-order valence-corrected chi connectivity index (χ0v) is 22.2. The van der Waals surface area contributed by atoms with E-state index in [1.165, 1.54) is 18.9 Å². The average molecular weight is 536 g/mol. The van der Waals surface area contributed by atoms with E-state index in [0.29, 0.717) is 44.6 Å². The second-order valence-corrected chi connectivity index (χ2v) is 9.73. The lowest BCUT2D eigenvalue weighted by Gasteiger charge is -2.22. The van der Waals surface area contributed by atoms with Crippen molar-refractivity contribution in [1.29, 1.82) is 0 Å². The summed E-state index contributed by atoms with van der Waals surface area (Å²) in [6.07, 6.45) is 0. The number of carbonyl (C=O) groups is 2. The molecule has 0 saturated carbocycles. The predicted molar refractivity (Wildman–Crippen MR) is 140 cm³/mol. The van der Waals surface area contributed by atoms with Crippen molar-refractivity contribution in [2.75, 3.05) is 18.2 Å². The maximum atomic E-state index is 12.9. The third kappa shape index (κ3) is 6.68. The summed E-state index contributed by atoms with van der Waals surface area (Å²) < 4.78 is 7.17. The van der Waals surface area contributed by atoms with Crippen molar-refractivity contribution >= 4 is 52.5 Å². The molecule has 1 aromatic heterocycles. The van der Waals surface area contributed by atoms with Crippen LogP contribution in [0.5, 0.6) is 5.75 Å². The number of carbonyl (C=O) groups excluding carboxylic acids is 2. The van der Waals surface area contributed by atoms with Gasteiger partial charge in [0.2, 0.25) is 5.91 Å². The van der Waals surface area contributed by atoms with Gasteiger partial charge in [-0.1, -0.05) is 60.9 Å². The zero-order valence-electron chi connectivity index (χ0n) is 19.8. The fourth-order valence-corrected chi connectivity index (χ4v) is 4.63. The van der Waals surface area contributed by atoms with Gasteiger partial charge in [0.25, 0.3) is 5.91 Å². The summed E-state index contributed by atoms with van der Waals surface area (Å²) in [7, 11) is 1.52. The van der Waals surface area contributed by atoms with E-state index in [0.717, 1.165) is 0 Å². The molecule has 8 nitrogen and oxygen atoms in total. The van der Waals surface area contributed by atoms with Crippen LogP contribution in [0, 0.1) is 5.92 Å². The van der Waals surface area contributed by atoms with E-state index in [2.05, 4.69) is 20.8 Å². The number of ether oxygens (including phenoxy) is 1. The van der Waals surface area contributed by atoms with Crippen molar-refractivity contribution in [1.82, 2.24) is 20.1 Å². The number of halogens is 2. The Kier molecular flexibility index (Phi) is 9.42. The largest absolute Gasteiger partial charge is 0.495 e. The van der Waals surface area contributed by atoms with Crippen LogP contribution in [0.25, 0.3) is 0 Å². The number of rotatable bonds is 10. The normalized spacial score (nSPS) is 11.9. The van der Waals surface area contributed by atoms with Crippen LogP contribution >= 0.6 is 35.0 Å². The lowest BCUT2D eigenvalue weighted by molar-refractivity contribution is -0.113. The summed E-state index contributed by atoms with van der Waals surface area (Å²) in [5, 5.41) is 15.9. The summed E-state index contributed by atoms with van der Waals surface area (Å²) >= 11 is 13.5. The van der Waals surface area contributed by atoms with Gasteiger partial charge in [0.15, 0.2) is 11.0 Å². The summed E-state index contributed by atoms with van der Waals surface area (Å²) in [4.78, 5) is 25.5. The standard InChI is InChI=1S/C24H27Cl2N5O3S/c1-5-31-22(21(14(2)3)28-23(33)16-8-6-7-9-17(16)26)29-30-24(31)35-13-20(32)27-18-12-15(25)10-11-19(18)34-4/h6-12,14,21H,5,13H2,1-4H3,(H,27,32)(H,28,33)/t21-/m0/s1. The highest BCUT2D eigenvalue weighted by Gasteiger charge is 2.27. The molecule has 0 saturated heterocycles. The van der Waals surface area contributed by atoms with Gasteiger partial charge >= 0.3 is 0 Å². The molecule has 3 rings (SSSR count). The number of nitrogens with zero attached hydrogens (tertiary/aromatic N) is 3. The molecule has 0 bridgehead atoms. The molecule has 0 unspecified atom stereocenters. The minimum Gasteiger partial charge on any atom is -0.495 e. The van der Waals surface area contributed by atoms with Crippen molar-refractivity contribution in [2.45, 2.75) is 38.5 Å². The second-order valence-electron chi connectivity index (χ2n) is 7.94. The van der Waals surface area contributed by atoms with Gasteiger partial charge in [0.1, 0.15) is 5.75 Å². The minimum absolute atomic E-state index is 0.0346. The molecule has 1 atom stereocenters. The van der Waals surface area contributed by atoms with Gasteiger partial charge in [-0.15, -0.1) is 10.2 Å². The average Bonchev–Trinajstić information content (AvgIpc) is 3.23. The Morgan fingerprint density at radius 2 is 1.89 bits per heavy atom. The van der Waals surface area contributed by atoms with E-state index < -0.39 is 6.04 Å². The number of anilines is 1. The van der Waals surface area contributed by atoms with E-state index in [9.17, 15) is 9.59 Å². The molecule has 0 aliphatic rings. The van der Waals surface area contributed by atoms with Crippen LogP contribution < -0.4 is 15.4 Å². The van der Waals surface area contributed by atoms with Crippen molar-refractivity contribution < 1.29 is 14.3 Å². The smallest absolute Gasteiger partial charge is 0.253 e. The minimum atomic E-state index is -0.398. The maximum Gasteiger partial charge on any atom is 0.253 e. The Bertz CT molecular complexity index is 1200. The first-order chi connectivity index (χ1) is 16.7. The molecule has 0 aliphatic heterocycles. The SMILES string of the molecule is CCn1c(SCC(=O)Nc2cc(Cl)ccc2OC)nnc1[C@@H](NC(=O)c1ccccc1Cl)C(C)C. The van der Waals surface area contributed by atoms with Gasteiger partial charge in [-0.2, -0.15) is 0 Å². The monoisotopic (exact) mass is 535 g/mol. The van der Waals surface area contributed by atoms with Gasteiger partial charge in [0, 0.05) is 11.6 Å². The fraction of sp³-hybridized carbons (Fsp3) is 0.333. The summed E-state index contributed by atoms with van der Waals surface area (Å²) in [6.45, 7) is 6.51. The molecule has 2 amide bonds. The quantitative estimate of drug-likeness (QED) is 0.334. The van der Waals surface area contributed by atoms with Crippen LogP contribution in [0.3, 0.4) is 0 Å². The Balaban J connectivity index is 1.73. The first kappa shape index (κ1) is 26.8. The third-order valence-corrected chi connectivity index (χ3v) is 6.71. The maximum absolute atomic E-state index is 12.9. The van der Waals surface area contributed by atoms with E-state index in [-0.39, 0.29) is 23.5 Å². The van der Waals surface area contributed by atoms with Crippen LogP contribution in [-0.2, 0) is 11.3 Å². The molecule has 0 fully saturated rings. The number of nitrogens with one attached hydrogen (secondary N) is 2. The van der Waals surface area contributed by atoms with Crippen LogP contribution in [0.2, 0.25) is 10.0 Å². The fourth-order valence-electron chi connectivity index (χ4n) is 3.42. The zero-order chi connectivity index (χ0) is 25.5. The van der Waals surface area contributed by atoms with Crippen LogP contribution in [-0.4, -0.2) is 39.4 Å². The van der Waals surface area contributed by atoms with E-state index in [1.54, 1.807) is 42.5 Å². The predicted octanol–water partition coefficient (Wildman–Crippen LogP) is 5.47. The van der Waals surface area contributed by atoms with E-state index in [4.69, 9.17) is 27.9 Å². The number of amides is 2. The first-order valence-electron chi connectivity index (χ1n) is 11.0. The van der Waals surface area contributed by atoms with Crippen molar-refractivity contribution in [3.05, 3.63) is 63.9 Å². The van der Waals surface area contributed by atoms with Crippen LogP contribution in [0.4, 0.5) is 5.69 Å². The molecule has 3 aromatic rings. The van der Waals surface area contributed by atoms with E-state index in [1.807, 2.05) is 25.3 Å². The Labute approximate surface area is 218 Å². The molecular formula is C24H27Cl2N5O3S. The lowest BCUT2D eigenvalue weighted by atomic mass is 10.0. The van der Waals surface area contributed by atoms with Gasteiger partial charge in [0.05, 0.1) is 35.2 Å². The molecule has 0 spiro atoms. The molecule has 35 heavy (non-hydrogen) atoms. The summed E-state index contributed by atoms with van der Waals surface area (Å²) in [6, 6.07) is 11.5.